The van der Waals surface area contributed by atoms with E-state index < -0.39 is 15.9 Å². The van der Waals surface area contributed by atoms with Crippen LogP contribution < -0.4 is 10.5 Å². The standard InChI is InChI=1S/C10H13Cl2NO3S/c1-16-10-4-7(11)6(3-8(10)12)9(13)5-17(2,14)15/h3-4,9H,5,13H2,1-2H3. The highest BCUT2D eigenvalue weighted by Gasteiger charge is 2.18. The summed E-state index contributed by atoms with van der Waals surface area (Å²) in [6.45, 7) is 0. The van der Waals surface area contributed by atoms with E-state index in [1.165, 1.54) is 19.2 Å². The Kier molecular flexibility index (Phi) is 4.66. The van der Waals surface area contributed by atoms with Gasteiger partial charge in [-0.05, 0) is 11.6 Å². The first-order valence-corrected chi connectivity index (χ1v) is 7.52. The van der Waals surface area contributed by atoms with E-state index in [0.29, 0.717) is 21.4 Å². The molecule has 0 aliphatic carbocycles. The van der Waals surface area contributed by atoms with Crippen LogP contribution in [0.4, 0.5) is 0 Å². The molecule has 1 aromatic rings. The summed E-state index contributed by atoms with van der Waals surface area (Å²) in [5.74, 6) is 0.238. The number of nitrogens with two attached hydrogens (primary N) is 1. The van der Waals surface area contributed by atoms with Gasteiger partial charge in [0, 0.05) is 23.4 Å². The molecule has 7 heteroatoms. The fourth-order valence-corrected chi connectivity index (χ4v) is 2.78. The Morgan fingerprint density at radius 3 is 2.41 bits per heavy atom. The van der Waals surface area contributed by atoms with Gasteiger partial charge in [0.25, 0.3) is 0 Å². The lowest BCUT2D eigenvalue weighted by atomic mass is 10.1. The van der Waals surface area contributed by atoms with E-state index in [0.717, 1.165) is 6.26 Å². The maximum absolute atomic E-state index is 11.2. The summed E-state index contributed by atoms with van der Waals surface area (Å²) in [5.41, 5.74) is 6.27. The highest BCUT2D eigenvalue weighted by Crippen LogP contribution is 2.33. The van der Waals surface area contributed by atoms with Gasteiger partial charge in [-0.1, -0.05) is 23.2 Å². The quantitative estimate of drug-likeness (QED) is 0.923. The molecule has 4 nitrogen and oxygen atoms in total. The molecule has 0 bridgehead atoms. The Morgan fingerprint density at radius 1 is 1.35 bits per heavy atom. The Balaban J connectivity index is 3.11. The van der Waals surface area contributed by atoms with Gasteiger partial charge in [-0.15, -0.1) is 0 Å². The monoisotopic (exact) mass is 297 g/mol. The Bertz CT molecular complexity index is 517. The maximum Gasteiger partial charge on any atom is 0.149 e. The number of hydrogen-bond donors (Lipinski definition) is 1. The second kappa shape index (κ2) is 5.44. The molecule has 0 spiro atoms. The maximum atomic E-state index is 11.2. The highest BCUT2D eigenvalue weighted by molar-refractivity contribution is 7.90. The van der Waals surface area contributed by atoms with E-state index in [4.69, 9.17) is 33.7 Å². The van der Waals surface area contributed by atoms with Gasteiger partial charge in [-0.2, -0.15) is 0 Å². The molecule has 0 aromatic heterocycles. The van der Waals surface area contributed by atoms with Crippen LogP contribution in [0.3, 0.4) is 0 Å². The van der Waals surface area contributed by atoms with Crippen LogP contribution in [0.1, 0.15) is 11.6 Å². The molecule has 0 aliphatic rings. The van der Waals surface area contributed by atoms with Crippen LogP contribution in [0.25, 0.3) is 0 Å². The number of benzene rings is 1. The molecule has 0 saturated carbocycles. The van der Waals surface area contributed by atoms with Crippen LogP contribution in [-0.4, -0.2) is 27.5 Å². The predicted molar refractivity (Wildman–Crippen MR) is 69.7 cm³/mol. The molecule has 2 N–H and O–H groups in total. The van der Waals surface area contributed by atoms with Crippen molar-refractivity contribution in [3.8, 4) is 5.75 Å². The average Bonchev–Trinajstić information content (AvgIpc) is 2.18. The zero-order valence-corrected chi connectivity index (χ0v) is 11.7. The van der Waals surface area contributed by atoms with Crippen LogP contribution in [-0.2, 0) is 9.84 Å². The van der Waals surface area contributed by atoms with Crippen molar-refractivity contribution < 1.29 is 13.2 Å². The summed E-state index contributed by atoms with van der Waals surface area (Å²) in [5, 5.41) is 0.679. The second-order valence-corrected chi connectivity index (χ2v) is 6.71. The zero-order valence-electron chi connectivity index (χ0n) is 9.41. The molecule has 1 unspecified atom stereocenters. The average molecular weight is 298 g/mol. The minimum absolute atomic E-state index is 0.185. The van der Waals surface area contributed by atoms with Gasteiger partial charge in [-0.25, -0.2) is 8.42 Å². The van der Waals surface area contributed by atoms with E-state index >= 15 is 0 Å². The van der Waals surface area contributed by atoms with Gasteiger partial charge in [0.2, 0.25) is 0 Å². The molecule has 0 aliphatic heterocycles. The number of ether oxygens (including phenoxy) is 1. The molecule has 0 fully saturated rings. The molecule has 96 valence electrons. The minimum atomic E-state index is -3.17. The molecule has 17 heavy (non-hydrogen) atoms. The lowest BCUT2D eigenvalue weighted by molar-refractivity contribution is 0.415. The van der Waals surface area contributed by atoms with Crippen molar-refractivity contribution in [3.63, 3.8) is 0 Å². The van der Waals surface area contributed by atoms with Crippen molar-refractivity contribution in [2.45, 2.75) is 6.04 Å². The molecular formula is C10H13Cl2NO3S. The number of rotatable bonds is 4. The molecule has 0 saturated heterocycles. The van der Waals surface area contributed by atoms with Crippen molar-refractivity contribution in [2.75, 3.05) is 19.1 Å². The van der Waals surface area contributed by atoms with E-state index in [9.17, 15) is 8.42 Å². The van der Waals surface area contributed by atoms with E-state index in [1.807, 2.05) is 0 Å². The molecule has 0 radical (unpaired) electrons. The first kappa shape index (κ1) is 14.6. The van der Waals surface area contributed by atoms with Crippen LogP contribution in [0.2, 0.25) is 10.0 Å². The lowest BCUT2D eigenvalue weighted by Crippen LogP contribution is -2.21. The molecule has 1 rings (SSSR count). The fraction of sp³-hybridized carbons (Fsp3) is 0.400. The third kappa shape index (κ3) is 4.03. The van der Waals surface area contributed by atoms with Crippen LogP contribution in [0.5, 0.6) is 5.75 Å². The Labute approximate surface area is 111 Å². The largest absolute Gasteiger partial charge is 0.495 e. The topological polar surface area (TPSA) is 69.4 Å². The van der Waals surface area contributed by atoms with Crippen molar-refractivity contribution in [1.82, 2.24) is 0 Å². The van der Waals surface area contributed by atoms with Gasteiger partial charge >= 0.3 is 0 Å². The molecule has 0 heterocycles. The third-order valence-corrected chi connectivity index (χ3v) is 3.74. The number of hydrogen-bond acceptors (Lipinski definition) is 4. The normalized spacial score (nSPS) is 13.5. The van der Waals surface area contributed by atoms with Crippen molar-refractivity contribution in [1.29, 1.82) is 0 Å². The van der Waals surface area contributed by atoms with Gasteiger partial charge < -0.3 is 10.5 Å². The van der Waals surface area contributed by atoms with Crippen molar-refractivity contribution in [3.05, 3.63) is 27.7 Å². The fourth-order valence-electron chi connectivity index (χ4n) is 1.40. The summed E-state index contributed by atoms with van der Waals surface area (Å²) < 4.78 is 27.3. The molecule has 1 atom stereocenters. The first-order valence-electron chi connectivity index (χ1n) is 4.71. The van der Waals surface area contributed by atoms with E-state index in [-0.39, 0.29) is 5.75 Å². The van der Waals surface area contributed by atoms with E-state index in [1.54, 1.807) is 0 Å². The number of halogens is 2. The molecular weight excluding hydrogens is 285 g/mol. The van der Waals surface area contributed by atoms with Gasteiger partial charge in [0.15, 0.2) is 0 Å². The summed E-state index contributed by atoms with van der Waals surface area (Å²) in [4.78, 5) is 0. The predicted octanol–water partition coefficient (Wildman–Crippen LogP) is 2.05. The Morgan fingerprint density at radius 2 is 1.94 bits per heavy atom. The van der Waals surface area contributed by atoms with Crippen LogP contribution >= 0.6 is 23.2 Å². The van der Waals surface area contributed by atoms with Crippen LogP contribution in [0, 0.1) is 0 Å². The second-order valence-electron chi connectivity index (χ2n) is 3.71. The first-order chi connectivity index (χ1) is 7.74. The molecule has 1 aromatic carbocycles. The SMILES string of the molecule is COc1cc(Cl)c(C(N)CS(C)(=O)=O)cc1Cl. The lowest BCUT2D eigenvalue weighted by Gasteiger charge is -2.14. The Hall–Kier alpha value is -0.490. The van der Waals surface area contributed by atoms with Gasteiger partial charge in [0.05, 0.1) is 17.9 Å². The van der Waals surface area contributed by atoms with Crippen LogP contribution in [0.15, 0.2) is 12.1 Å². The molecule has 0 amide bonds. The number of sulfone groups is 1. The van der Waals surface area contributed by atoms with E-state index in [2.05, 4.69) is 0 Å². The minimum Gasteiger partial charge on any atom is -0.495 e. The highest BCUT2D eigenvalue weighted by atomic mass is 35.5. The summed E-state index contributed by atoms with van der Waals surface area (Å²) in [6.07, 6.45) is 1.12. The van der Waals surface area contributed by atoms with Crippen molar-refractivity contribution in [2.24, 2.45) is 5.73 Å². The zero-order chi connectivity index (χ0) is 13.2. The van der Waals surface area contributed by atoms with Crippen molar-refractivity contribution >= 4 is 33.0 Å². The van der Waals surface area contributed by atoms with Gasteiger partial charge in [0.1, 0.15) is 15.6 Å². The summed E-state index contributed by atoms with van der Waals surface area (Å²) in [6, 6.07) is 2.33. The van der Waals surface area contributed by atoms with Gasteiger partial charge in [-0.3, -0.25) is 0 Å². The third-order valence-electron chi connectivity index (χ3n) is 2.15. The number of methoxy groups -OCH3 is 1. The smallest absolute Gasteiger partial charge is 0.149 e. The summed E-state index contributed by atoms with van der Waals surface area (Å²) in [7, 11) is -1.71. The summed E-state index contributed by atoms with van der Waals surface area (Å²) >= 11 is 11.9.